The molecule has 1 N–H and O–H groups in total. The molecule has 0 bridgehead atoms. The average Bonchev–Trinajstić information content (AvgIpc) is 2.17. The first-order valence-corrected chi connectivity index (χ1v) is 4.15. The molecule has 0 unspecified atom stereocenters. The Balaban J connectivity index is 2.81. The molecule has 1 aromatic rings. The van der Waals surface area contributed by atoms with Gasteiger partial charge in [-0.25, -0.2) is 9.97 Å². The third-order valence-corrected chi connectivity index (χ3v) is 1.49. The first-order valence-electron chi connectivity index (χ1n) is 4.15. The van der Waals surface area contributed by atoms with E-state index in [0.717, 1.165) is 0 Å². The Morgan fingerprint density at radius 1 is 1.50 bits per heavy atom. The molecule has 0 aliphatic carbocycles. The van der Waals surface area contributed by atoms with Gasteiger partial charge in [0.1, 0.15) is 23.4 Å². The molecule has 14 heavy (non-hydrogen) atoms. The van der Waals surface area contributed by atoms with E-state index in [2.05, 4.69) is 27.1 Å². The van der Waals surface area contributed by atoms with Crippen LogP contribution in [0.5, 0.6) is 0 Å². The fraction of sp³-hybridized carbons (Fsp3) is 0.300. The van der Waals surface area contributed by atoms with Crippen LogP contribution in [0.4, 0.5) is 5.82 Å². The van der Waals surface area contributed by atoms with E-state index in [9.17, 15) is 0 Å². The second kappa shape index (κ2) is 4.84. The van der Waals surface area contributed by atoms with Crippen molar-refractivity contribution >= 4 is 5.82 Å². The third kappa shape index (κ3) is 2.76. The maximum Gasteiger partial charge on any atom is 0.146 e. The summed E-state index contributed by atoms with van der Waals surface area (Å²) in [6.45, 7) is 4.04. The summed E-state index contributed by atoms with van der Waals surface area (Å²) in [6, 6.07) is 3.57. The Labute approximate surface area is 83.0 Å². The number of hydrogen-bond acceptors (Lipinski definition) is 4. The maximum absolute atomic E-state index is 8.66. The molecule has 70 valence electrons. The zero-order valence-corrected chi connectivity index (χ0v) is 8.13. The number of nitrogens with one attached hydrogen (secondary N) is 1. The number of anilines is 1. The van der Waals surface area contributed by atoms with Crippen LogP contribution in [0.2, 0.25) is 0 Å². The first-order chi connectivity index (χ1) is 6.76. The smallest absolute Gasteiger partial charge is 0.146 e. The second-order valence-electron chi connectivity index (χ2n) is 2.58. The SMILES string of the molecule is CC#CCNc1cc(C#N)nc(C)n1. The molecule has 0 aliphatic rings. The van der Waals surface area contributed by atoms with Crippen molar-refractivity contribution in [2.24, 2.45) is 0 Å². The van der Waals surface area contributed by atoms with Crippen LogP contribution in [-0.4, -0.2) is 16.5 Å². The standard InChI is InChI=1S/C10H10N4/c1-3-4-5-12-10-6-9(7-11)13-8(2)14-10/h6H,5H2,1-2H3,(H,12,13,14). The first kappa shape index (κ1) is 10.0. The molecular formula is C10H10N4. The Hall–Kier alpha value is -2.07. The highest BCUT2D eigenvalue weighted by atomic mass is 15.0. The molecule has 0 saturated heterocycles. The summed E-state index contributed by atoms with van der Waals surface area (Å²) in [6.07, 6.45) is 0. The zero-order chi connectivity index (χ0) is 10.4. The number of nitrogens with zero attached hydrogens (tertiary/aromatic N) is 3. The van der Waals surface area contributed by atoms with Crippen LogP contribution in [-0.2, 0) is 0 Å². The molecule has 4 heteroatoms. The molecule has 0 saturated carbocycles. The Morgan fingerprint density at radius 3 is 2.93 bits per heavy atom. The van der Waals surface area contributed by atoms with Crippen LogP contribution in [0.15, 0.2) is 6.07 Å². The van der Waals surface area contributed by atoms with E-state index < -0.39 is 0 Å². The molecule has 0 aromatic carbocycles. The van der Waals surface area contributed by atoms with Crippen molar-refractivity contribution in [3.05, 3.63) is 17.6 Å². The molecule has 0 radical (unpaired) electrons. The summed E-state index contributed by atoms with van der Waals surface area (Å²) >= 11 is 0. The van der Waals surface area contributed by atoms with Gasteiger partial charge in [-0.05, 0) is 13.8 Å². The minimum absolute atomic E-state index is 0.365. The van der Waals surface area contributed by atoms with Crippen molar-refractivity contribution in [3.8, 4) is 17.9 Å². The molecule has 1 heterocycles. The molecule has 0 atom stereocenters. The highest BCUT2D eigenvalue weighted by Gasteiger charge is 1.99. The van der Waals surface area contributed by atoms with Crippen molar-refractivity contribution in [1.29, 1.82) is 5.26 Å². The van der Waals surface area contributed by atoms with Crippen LogP contribution < -0.4 is 5.32 Å². The summed E-state index contributed by atoms with van der Waals surface area (Å²) in [7, 11) is 0. The van der Waals surface area contributed by atoms with Gasteiger partial charge < -0.3 is 5.32 Å². The largest absolute Gasteiger partial charge is 0.359 e. The number of nitriles is 1. The van der Waals surface area contributed by atoms with Crippen molar-refractivity contribution in [2.45, 2.75) is 13.8 Å². The molecule has 4 nitrogen and oxygen atoms in total. The Morgan fingerprint density at radius 2 is 2.29 bits per heavy atom. The van der Waals surface area contributed by atoms with Gasteiger partial charge in [0.25, 0.3) is 0 Å². The lowest BCUT2D eigenvalue weighted by Gasteiger charge is -2.01. The van der Waals surface area contributed by atoms with Gasteiger partial charge in [0.15, 0.2) is 0 Å². The molecule has 0 amide bonds. The topological polar surface area (TPSA) is 61.6 Å². The quantitative estimate of drug-likeness (QED) is 0.702. The zero-order valence-electron chi connectivity index (χ0n) is 8.13. The monoisotopic (exact) mass is 186 g/mol. The van der Waals surface area contributed by atoms with Gasteiger partial charge in [-0.3, -0.25) is 0 Å². The average molecular weight is 186 g/mol. The lowest BCUT2D eigenvalue weighted by Crippen LogP contribution is -2.03. The van der Waals surface area contributed by atoms with Crippen LogP contribution in [0, 0.1) is 30.1 Å². The van der Waals surface area contributed by atoms with Gasteiger partial charge in [-0.2, -0.15) is 5.26 Å². The lowest BCUT2D eigenvalue weighted by molar-refractivity contribution is 1.03. The van der Waals surface area contributed by atoms with Gasteiger partial charge in [0.05, 0.1) is 6.54 Å². The van der Waals surface area contributed by atoms with Crippen molar-refractivity contribution in [1.82, 2.24) is 9.97 Å². The molecular weight excluding hydrogens is 176 g/mol. The molecule has 0 spiro atoms. The highest BCUT2D eigenvalue weighted by Crippen LogP contribution is 2.04. The van der Waals surface area contributed by atoms with E-state index in [4.69, 9.17) is 5.26 Å². The summed E-state index contributed by atoms with van der Waals surface area (Å²) in [4.78, 5) is 8.04. The predicted octanol–water partition coefficient (Wildman–Crippen LogP) is 1.09. The molecule has 0 fully saturated rings. The Bertz CT molecular complexity index is 420. The van der Waals surface area contributed by atoms with Crippen LogP contribution in [0.3, 0.4) is 0 Å². The van der Waals surface area contributed by atoms with Crippen LogP contribution in [0.1, 0.15) is 18.4 Å². The normalized spacial score (nSPS) is 8.36. The highest BCUT2D eigenvalue weighted by molar-refractivity contribution is 5.40. The van der Waals surface area contributed by atoms with Crippen molar-refractivity contribution < 1.29 is 0 Å². The van der Waals surface area contributed by atoms with E-state index in [-0.39, 0.29) is 0 Å². The minimum atomic E-state index is 0.365. The lowest BCUT2D eigenvalue weighted by atomic mass is 10.4. The van der Waals surface area contributed by atoms with Gasteiger partial charge >= 0.3 is 0 Å². The molecule has 1 aromatic heterocycles. The van der Waals surface area contributed by atoms with E-state index in [1.54, 1.807) is 19.9 Å². The van der Waals surface area contributed by atoms with E-state index in [1.807, 2.05) is 6.07 Å². The van der Waals surface area contributed by atoms with Crippen LogP contribution in [0.25, 0.3) is 0 Å². The van der Waals surface area contributed by atoms with Gasteiger partial charge in [0, 0.05) is 6.07 Å². The summed E-state index contributed by atoms with van der Waals surface area (Å²) in [5.74, 6) is 6.83. The van der Waals surface area contributed by atoms with Gasteiger partial charge in [-0.15, -0.1) is 5.92 Å². The fourth-order valence-electron chi connectivity index (χ4n) is 0.939. The number of aromatic nitrogens is 2. The number of hydrogen-bond donors (Lipinski definition) is 1. The van der Waals surface area contributed by atoms with Crippen LogP contribution >= 0.6 is 0 Å². The van der Waals surface area contributed by atoms with E-state index in [0.29, 0.717) is 23.9 Å². The second-order valence-corrected chi connectivity index (χ2v) is 2.58. The minimum Gasteiger partial charge on any atom is -0.359 e. The summed E-state index contributed by atoms with van der Waals surface area (Å²) in [5.41, 5.74) is 0.365. The fourth-order valence-corrected chi connectivity index (χ4v) is 0.939. The van der Waals surface area contributed by atoms with Crippen molar-refractivity contribution in [2.75, 3.05) is 11.9 Å². The van der Waals surface area contributed by atoms with Gasteiger partial charge in [-0.1, -0.05) is 5.92 Å². The predicted molar refractivity (Wildman–Crippen MR) is 53.4 cm³/mol. The number of rotatable bonds is 2. The third-order valence-electron chi connectivity index (χ3n) is 1.49. The Kier molecular flexibility index (Phi) is 3.46. The maximum atomic E-state index is 8.66. The molecule has 1 rings (SSSR count). The van der Waals surface area contributed by atoms with E-state index in [1.165, 1.54) is 0 Å². The van der Waals surface area contributed by atoms with Gasteiger partial charge in [0.2, 0.25) is 0 Å². The molecule has 0 aliphatic heterocycles. The summed E-state index contributed by atoms with van der Waals surface area (Å²) < 4.78 is 0. The summed E-state index contributed by atoms with van der Waals surface area (Å²) in [5, 5.41) is 11.6. The van der Waals surface area contributed by atoms with Crippen molar-refractivity contribution in [3.63, 3.8) is 0 Å². The van der Waals surface area contributed by atoms with E-state index >= 15 is 0 Å². The number of aryl methyl sites for hydroxylation is 1.